The molecule has 4 heteroatoms. The zero-order chi connectivity index (χ0) is 25.6. The Morgan fingerprint density at radius 2 is 1.57 bits per heavy atom. The van der Waals surface area contributed by atoms with Crippen LogP contribution in [0.5, 0.6) is 0 Å². The lowest BCUT2D eigenvalue weighted by atomic mass is 9.32. The Kier molecular flexibility index (Phi) is 6.03. The van der Waals surface area contributed by atoms with Gasteiger partial charge in [-0.25, -0.2) is 0 Å². The molecule has 0 aromatic carbocycles. The topological polar surface area (TPSA) is 77.8 Å². The molecule has 11 atom stereocenters. The van der Waals surface area contributed by atoms with Crippen LogP contribution in [0, 0.1) is 56.7 Å². The standard InChI is InChI=1S/C31H50O4/c1-19(17-32)21-9-14-31(20(2)34)16-15-29(5)22(26(21)31)7-8-24-27(3)12-11-25(35)28(4,18-33)23(27)10-13-30(24,29)6/h21-26,32-33,35H,1,7-18H2,2-6H3/t21-,22?,23+,24+,25-,26+,27-,28-,29+,30+,31+/m0/s1. The van der Waals surface area contributed by atoms with Crippen molar-refractivity contribution in [2.24, 2.45) is 56.7 Å². The first-order valence-corrected chi connectivity index (χ1v) is 14.4. The van der Waals surface area contributed by atoms with Crippen molar-refractivity contribution in [2.45, 2.75) is 105 Å². The predicted octanol–water partition coefficient (Wildman–Crippen LogP) is 5.54. The van der Waals surface area contributed by atoms with Crippen LogP contribution in [0.3, 0.4) is 0 Å². The van der Waals surface area contributed by atoms with E-state index in [9.17, 15) is 20.1 Å². The molecule has 0 heterocycles. The summed E-state index contributed by atoms with van der Waals surface area (Å²) in [6, 6.07) is 0. The van der Waals surface area contributed by atoms with Crippen molar-refractivity contribution in [1.29, 1.82) is 0 Å². The van der Waals surface area contributed by atoms with Crippen LogP contribution in [0.15, 0.2) is 12.2 Å². The normalized spacial score (nSPS) is 55.3. The van der Waals surface area contributed by atoms with Gasteiger partial charge in [0.05, 0.1) is 19.3 Å². The van der Waals surface area contributed by atoms with E-state index in [4.69, 9.17) is 0 Å². The number of hydrogen-bond donors (Lipinski definition) is 3. The maximum absolute atomic E-state index is 13.2. The highest BCUT2D eigenvalue weighted by molar-refractivity contribution is 5.83. The molecular weight excluding hydrogens is 436 g/mol. The monoisotopic (exact) mass is 486 g/mol. The van der Waals surface area contributed by atoms with E-state index >= 15 is 0 Å². The zero-order valence-corrected chi connectivity index (χ0v) is 22.9. The second-order valence-electron chi connectivity index (χ2n) is 14.6. The summed E-state index contributed by atoms with van der Waals surface area (Å²) in [5, 5.41) is 31.4. The van der Waals surface area contributed by atoms with Crippen LogP contribution in [0.4, 0.5) is 0 Å². The van der Waals surface area contributed by atoms with Gasteiger partial charge < -0.3 is 15.3 Å². The molecule has 1 unspecified atom stereocenters. The van der Waals surface area contributed by atoms with Gasteiger partial charge in [-0.1, -0.05) is 34.3 Å². The third-order valence-corrected chi connectivity index (χ3v) is 14.0. The van der Waals surface area contributed by atoms with Gasteiger partial charge >= 0.3 is 0 Å². The minimum atomic E-state index is -0.420. The molecule has 5 saturated carbocycles. The maximum atomic E-state index is 13.2. The van der Waals surface area contributed by atoms with Gasteiger partial charge in [0.1, 0.15) is 5.78 Å². The van der Waals surface area contributed by atoms with Crippen LogP contribution >= 0.6 is 0 Å². The van der Waals surface area contributed by atoms with Crippen LogP contribution in [-0.4, -0.2) is 40.4 Å². The summed E-state index contributed by atoms with van der Waals surface area (Å²) >= 11 is 0. The number of aliphatic hydroxyl groups is 3. The summed E-state index contributed by atoms with van der Waals surface area (Å²) in [7, 11) is 0. The Balaban J connectivity index is 1.56. The molecule has 5 rings (SSSR count). The van der Waals surface area contributed by atoms with E-state index in [-0.39, 0.29) is 40.8 Å². The molecule has 0 spiro atoms. The molecule has 0 bridgehead atoms. The van der Waals surface area contributed by atoms with Crippen molar-refractivity contribution in [3.05, 3.63) is 12.2 Å². The van der Waals surface area contributed by atoms with Gasteiger partial charge in [0.25, 0.3) is 0 Å². The number of fused-ring (bicyclic) bond motifs is 7. The highest BCUT2D eigenvalue weighted by Gasteiger charge is 2.71. The fourth-order valence-corrected chi connectivity index (χ4v) is 11.8. The van der Waals surface area contributed by atoms with E-state index in [1.807, 2.05) is 6.92 Å². The molecule has 0 amide bonds. The van der Waals surface area contributed by atoms with Crippen molar-refractivity contribution in [3.63, 3.8) is 0 Å². The third-order valence-electron chi connectivity index (χ3n) is 14.0. The van der Waals surface area contributed by atoms with Crippen molar-refractivity contribution in [3.8, 4) is 0 Å². The van der Waals surface area contributed by atoms with Gasteiger partial charge in [0.15, 0.2) is 0 Å². The summed E-state index contributed by atoms with van der Waals surface area (Å²) in [4.78, 5) is 13.2. The lowest BCUT2D eigenvalue weighted by molar-refractivity contribution is -0.252. The van der Waals surface area contributed by atoms with Crippen molar-refractivity contribution in [2.75, 3.05) is 13.2 Å². The van der Waals surface area contributed by atoms with Gasteiger partial charge in [-0.2, -0.15) is 0 Å². The first kappa shape index (κ1) is 25.9. The minimum absolute atomic E-state index is 0.0281. The highest BCUT2D eigenvalue weighted by atomic mass is 16.3. The first-order chi connectivity index (χ1) is 16.4. The number of carbonyl (C=O) groups is 1. The zero-order valence-electron chi connectivity index (χ0n) is 22.9. The third kappa shape index (κ3) is 3.05. The Hall–Kier alpha value is -0.710. The van der Waals surface area contributed by atoms with E-state index in [1.54, 1.807) is 0 Å². The summed E-state index contributed by atoms with van der Waals surface area (Å²) in [6.07, 6.45) is 9.95. The molecule has 0 saturated heterocycles. The average Bonchev–Trinajstić information content (AvgIpc) is 3.23. The molecular formula is C31H50O4. The fourth-order valence-electron chi connectivity index (χ4n) is 11.8. The number of ketones is 1. The van der Waals surface area contributed by atoms with Gasteiger partial charge in [-0.05, 0) is 123 Å². The Labute approximate surface area is 213 Å². The van der Waals surface area contributed by atoms with Gasteiger partial charge in [-0.15, -0.1) is 0 Å². The molecule has 5 fully saturated rings. The first-order valence-electron chi connectivity index (χ1n) is 14.4. The summed E-state index contributed by atoms with van der Waals surface area (Å²) in [6.45, 7) is 15.9. The molecule has 3 N–H and O–H groups in total. The summed E-state index contributed by atoms with van der Waals surface area (Å²) in [5.41, 5.74) is 0.731. The molecule has 35 heavy (non-hydrogen) atoms. The largest absolute Gasteiger partial charge is 0.396 e. The van der Waals surface area contributed by atoms with Crippen LogP contribution in [0.25, 0.3) is 0 Å². The molecule has 0 radical (unpaired) electrons. The molecule has 0 aromatic heterocycles. The average molecular weight is 487 g/mol. The summed E-state index contributed by atoms with van der Waals surface area (Å²) in [5.74, 6) is 2.31. The van der Waals surface area contributed by atoms with Gasteiger partial charge in [0, 0.05) is 10.8 Å². The Morgan fingerprint density at radius 1 is 0.857 bits per heavy atom. The second-order valence-corrected chi connectivity index (χ2v) is 14.6. The quantitative estimate of drug-likeness (QED) is 0.456. The number of carbonyl (C=O) groups excluding carboxylic acids is 1. The lowest BCUT2D eigenvalue weighted by Crippen LogP contribution is -2.67. The Morgan fingerprint density at radius 3 is 2.20 bits per heavy atom. The number of rotatable bonds is 4. The van der Waals surface area contributed by atoms with Crippen LogP contribution in [0.2, 0.25) is 0 Å². The van der Waals surface area contributed by atoms with Crippen LogP contribution in [-0.2, 0) is 4.79 Å². The highest BCUT2D eigenvalue weighted by Crippen LogP contribution is 2.77. The molecule has 5 aliphatic carbocycles. The predicted molar refractivity (Wildman–Crippen MR) is 138 cm³/mol. The lowest BCUT2D eigenvalue weighted by Gasteiger charge is -2.73. The SMILES string of the molecule is C=C(CO)[C@@H]1CC[C@]2(C(C)=O)CC[C@]3(C)C(CC[C@@H]4[C@@]5(C)CC[C@H](O)[C@@](C)(CO)[C@@H]5CC[C@]43C)[C@@H]12. The number of aliphatic hydroxyl groups excluding tert-OH is 3. The molecule has 5 aliphatic rings. The number of Topliss-reactive ketones (excluding diaryl/α,β-unsaturated/α-hetero) is 1. The van der Waals surface area contributed by atoms with Crippen LogP contribution < -0.4 is 0 Å². The van der Waals surface area contributed by atoms with Crippen molar-refractivity contribution < 1.29 is 20.1 Å². The smallest absolute Gasteiger partial charge is 0.136 e. The van der Waals surface area contributed by atoms with Crippen molar-refractivity contribution in [1.82, 2.24) is 0 Å². The molecule has 198 valence electrons. The van der Waals surface area contributed by atoms with E-state index in [0.717, 1.165) is 63.4 Å². The van der Waals surface area contributed by atoms with E-state index < -0.39 is 11.5 Å². The number of hydrogen-bond acceptors (Lipinski definition) is 4. The molecule has 0 aromatic rings. The minimum Gasteiger partial charge on any atom is -0.396 e. The summed E-state index contributed by atoms with van der Waals surface area (Å²) < 4.78 is 0. The van der Waals surface area contributed by atoms with Gasteiger partial charge in [0.2, 0.25) is 0 Å². The Bertz CT molecular complexity index is 898. The second kappa shape index (κ2) is 8.14. The van der Waals surface area contributed by atoms with E-state index in [0.29, 0.717) is 29.5 Å². The fraction of sp³-hybridized carbons (Fsp3) is 0.903. The molecule has 4 nitrogen and oxygen atoms in total. The van der Waals surface area contributed by atoms with E-state index in [2.05, 4.69) is 34.3 Å². The van der Waals surface area contributed by atoms with E-state index in [1.165, 1.54) is 6.42 Å². The van der Waals surface area contributed by atoms with Crippen LogP contribution in [0.1, 0.15) is 98.8 Å². The van der Waals surface area contributed by atoms with Gasteiger partial charge in [-0.3, -0.25) is 4.79 Å². The maximum Gasteiger partial charge on any atom is 0.136 e. The van der Waals surface area contributed by atoms with Crippen molar-refractivity contribution >= 4 is 5.78 Å². The molecule has 0 aliphatic heterocycles.